The lowest BCUT2D eigenvalue weighted by Gasteiger charge is -2.16. The van der Waals surface area contributed by atoms with E-state index in [9.17, 15) is 0 Å². The zero-order chi connectivity index (χ0) is 13.9. The van der Waals surface area contributed by atoms with E-state index in [1.165, 1.54) is 31.2 Å². The summed E-state index contributed by atoms with van der Waals surface area (Å²) >= 11 is 0. The molecule has 0 saturated heterocycles. The fourth-order valence-corrected chi connectivity index (χ4v) is 2.34. The number of methoxy groups -OCH3 is 1. The van der Waals surface area contributed by atoms with Crippen LogP contribution < -0.4 is 5.32 Å². The first kappa shape index (κ1) is 16.3. The molecule has 0 amide bonds. The van der Waals surface area contributed by atoms with Crippen molar-refractivity contribution in [3.63, 3.8) is 0 Å². The van der Waals surface area contributed by atoms with Crippen LogP contribution in [-0.2, 0) is 11.3 Å². The SMILES string of the molecule is CCCNC(CCC)c1ccn(CCCCOC)c1. The van der Waals surface area contributed by atoms with Gasteiger partial charge >= 0.3 is 0 Å². The predicted molar refractivity (Wildman–Crippen MR) is 81.5 cm³/mol. The van der Waals surface area contributed by atoms with Gasteiger partial charge in [0.25, 0.3) is 0 Å². The molecule has 0 aromatic carbocycles. The van der Waals surface area contributed by atoms with Gasteiger partial charge in [-0.15, -0.1) is 0 Å². The summed E-state index contributed by atoms with van der Waals surface area (Å²) in [5, 5.41) is 3.64. The van der Waals surface area contributed by atoms with Gasteiger partial charge in [0.2, 0.25) is 0 Å². The molecule has 1 N–H and O–H groups in total. The highest BCUT2D eigenvalue weighted by atomic mass is 16.5. The number of aromatic nitrogens is 1. The Morgan fingerprint density at radius 1 is 1.26 bits per heavy atom. The van der Waals surface area contributed by atoms with Crippen LogP contribution in [-0.4, -0.2) is 24.8 Å². The summed E-state index contributed by atoms with van der Waals surface area (Å²) < 4.78 is 7.39. The van der Waals surface area contributed by atoms with Gasteiger partial charge in [0.15, 0.2) is 0 Å². The summed E-state index contributed by atoms with van der Waals surface area (Å²) in [6.07, 6.45) is 10.5. The molecule has 1 aromatic heterocycles. The maximum absolute atomic E-state index is 5.08. The molecule has 3 heteroatoms. The van der Waals surface area contributed by atoms with Crippen LogP contribution in [0.1, 0.15) is 57.6 Å². The predicted octanol–water partition coefficient (Wildman–Crippen LogP) is 3.76. The van der Waals surface area contributed by atoms with Gasteiger partial charge in [-0.1, -0.05) is 20.3 Å². The third-order valence-corrected chi connectivity index (χ3v) is 3.41. The van der Waals surface area contributed by atoms with Crippen LogP contribution in [0.2, 0.25) is 0 Å². The average Bonchev–Trinajstić information content (AvgIpc) is 2.88. The fraction of sp³-hybridized carbons (Fsp3) is 0.750. The molecule has 1 rings (SSSR count). The molecule has 0 aliphatic heterocycles. The van der Waals surface area contributed by atoms with Crippen LogP contribution in [0.3, 0.4) is 0 Å². The Bertz CT molecular complexity index is 322. The smallest absolute Gasteiger partial charge is 0.0462 e. The normalized spacial score (nSPS) is 12.8. The third kappa shape index (κ3) is 6.26. The maximum atomic E-state index is 5.08. The maximum Gasteiger partial charge on any atom is 0.0462 e. The minimum absolute atomic E-state index is 0.519. The second-order valence-corrected chi connectivity index (χ2v) is 5.18. The minimum atomic E-state index is 0.519. The number of ether oxygens (including phenoxy) is 1. The Labute approximate surface area is 118 Å². The molecule has 1 unspecified atom stereocenters. The van der Waals surface area contributed by atoms with E-state index in [1.54, 1.807) is 7.11 Å². The minimum Gasteiger partial charge on any atom is -0.385 e. The van der Waals surface area contributed by atoms with Gasteiger partial charge in [0, 0.05) is 38.7 Å². The molecule has 1 aromatic rings. The van der Waals surface area contributed by atoms with E-state index >= 15 is 0 Å². The van der Waals surface area contributed by atoms with Crippen LogP contribution >= 0.6 is 0 Å². The Morgan fingerprint density at radius 2 is 2.11 bits per heavy atom. The van der Waals surface area contributed by atoms with E-state index in [1.807, 2.05) is 0 Å². The van der Waals surface area contributed by atoms with E-state index in [0.29, 0.717) is 6.04 Å². The lowest BCUT2D eigenvalue weighted by molar-refractivity contribution is 0.191. The van der Waals surface area contributed by atoms with E-state index in [-0.39, 0.29) is 0 Å². The van der Waals surface area contributed by atoms with E-state index in [0.717, 1.165) is 26.1 Å². The van der Waals surface area contributed by atoms with Crippen LogP contribution in [0, 0.1) is 0 Å². The van der Waals surface area contributed by atoms with Crippen molar-refractivity contribution in [2.45, 2.75) is 58.5 Å². The molecule has 110 valence electrons. The van der Waals surface area contributed by atoms with Crippen LogP contribution in [0.5, 0.6) is 0 Å². The van der Waals surface area contributed by atoms with Crippen molar-refractivity contribution in [3.8, 4) is 0 Å². The molecule has 3 nitrogen and oxygen atoms in total. The van der Waals surface area contributed by atoms with Gasteiger partial charge in [0.05, 0.1) is 0 Å². The van der Waals surface area contributed by atoms with Crippen molar-refractivity contribution in [2.75, 3.05) is 20.3 Å². The van der Waals surface area contributed by atoms with Crippen molar-refractivity contribution in [3.05, 3.63) is 24.0 Å². The average molecular weight is 266 g/mol. The topological polar surface area (TPSA) is 26.2 Å². The van der Waals surface area contributed by atoms with Crippen molar-refractivity contribution >= 4 is 0 Å². The van der Waals surface area contributed by atoms with Gasteiger partial charge in [-0.3, -0.25) is 0 Å². The van der Waals surface area contributed by atoms with Gasteiger partial charge in [-0.05, 0) is 43.9 Å². The molecule has 1 atom stereocenters. The van der Waals surface area contributed by atoms with Gasteiger partial charge in [0.1, 0.15) is 0 Å². The molecule has 1 heterocycles. The number of nitrogens with one attached hydrogen (secondary N) is 1. The van der Waals surface area contributed by atoms with Crippen molar-refractivity contribution in [1.29, 1.82) is 0 Å². The lowest BCUT2D eigenvalue weighted by atomic mass is 10.1. The number of aryl methyl sites for hydroxylation is 1. The molecule has 0 saturated carbocycles. The fourth-order valence-electron chi connectivity index (χ4n) is 2.34. The molecule has 0 fully saturated rings. The first-order valence-electron chi connectivity index (χ1n) is 7.69. The molecular formula is C16H30N2O. The highest BCUT2D eigenvalue weighted by molar-refractivity contribution is 5.15. The Hall–Kier alpha value is -0.800. The zero-order valence-electron chi connectivity index (χ0n) is 12.8. The first-order valence-corrected chi connectivity index (χ1v) is 7.69. The number of nitrogens with zero attached hydrogens (tertiary/aromatic N) is 1. The largest absolute Gasteiger partial charge is 0.385 e. The monoisotopic (exact) mass is 266 g/mol. The Morgan fingerprint density at radius 3 is 2.79 bits per heavy atom. The van der Waals surface area contributed by atoms with E-state index in [4.69, 9.17) is 4.74 Å². The summed E-state index contributed by atoms with van der Waals surface area (Å²) in [5.41, 5.74) is 1.43. The Balaban J connectivity index is 2.44. The molecular weight excluding hydrogens is 236 g/mol. The summed E-state index contributed by atoms with van der Waals surface area (Å²) in [6.45, 7) is 7.53. The third-order valence-electron chi connectivity index (χ3n) is 3.41. The second-order valence-electron chi connectivity index (χ2n) is 5.18. The van der Waals surface area contributed by atoms with E-state index in [2.05, 4.69) is 42.2 Å². The van der Waals surface area contributed by atoms with Crippen molar-refractivity contribution in [1.82, 2.24) is 9.88 Å². The number of unbranched alkanes of at least 4 members (excludes halogenated alkanes) is 1. The molecule has 19 heavy (non-hydrogen) atoms. The van der Waals surface area contributed by atoms with Crippen molar-refractivity contribution < 1.29 is 4.74 Å². The second kappa shape index (κ2) is 10.0. The van der Waals surface area contributed by atoms with Gasteiger partial charge < -0.3 is 14.6 Å². The van der Waals surface area contributed by atoms with Crippen LogP contribution in [0.25, 0.3) is 0 Å². The summed E-state index contributed by atoms with van der Waals surface area (Å²) in [4.78, 5) is 0. The number of hydrogen-bond acceptors (Lipinski definition) is 2. The van der Waals surface area contributed by atoms with Crippen LogP contribution in [0.15, 0.2) is 18.5 Å². The summed E-state index contributed by atoms with van der Waals surface area (Å²) in [5.74, 6) is 0. The molecule has 0 aliphatic rings. The number of hydrogen-bond donors (Lipinski definition) is 1. The van der Waals surface area contributed by atoms with Gasteiger partial charge in [-0.2, -0.15) is 0 Å². The number of rotatable bonds is 11. The standard InChI is InChI=1S/C16H30N2O/c1-4-8-16(17-10-5-2)15-9-12-18(14-15)11-6-7-13-19-3/h9,12,14,16-17H,4-8,10-11,13H2,1-3H3. The van der Waals surface area contributed by atoms with Gasteiger partial charge in [-0.25, -0.2) is 0 Å². The first-order chi connectivity index (χ1) is 9.31. The van der Waals surface area contributed by atoms with E-state index < -0.39 is 0 Å². The summed E-state index contributed by atoms with van der Waals surface area (Å²) in [6, 6.07) is 2.78. The molecule has 0 bridgehead atoms. The quantitative estimate of drug-likeness (QED) is 0.617. The van der Waals surface area contributed by atoms with Crippen LogP contribution in [0.4, 0.5) is 0 Å². The Kier molecular flexibility index (Phi) is 8.59. The molecule has 0 radical (unpaired) electrons. The van der Waals surface area contributed by atoms with Crippen molar-refractivity contribution in [2.24, 2.45) is 0 Å². The molecule has 0 aliphatic carbocycles. The summed E-state index contributed by atoms with van der Waals surface area (Å²) in [7, 11) is 1.77. The molecule has 0 spiro atoms. The highest BCUT2D eigenvalue weighted by Crippen LogP contribution is 2.19. The lowest BCUT2D eigenvalue weighted by Crippen LogP contribution is -2.21. The highest BCUT2D eigenvalue weighted by Gasteiger charge is 2.10. The zero-order valence-corrected chi connectivity index (χ0v) is 12.8.